The molecule has 0 aliphatic rings. The van der Waals surface area contributed by atoms with Crippen LogP contribution in [-0.4, -0.2) is 11.4 Å². The van der Waals surface area contributed by atoms with Crippen LogP contribution in [0.15, 0.2) is 12.7 Å². The number of carbonyl (C=O) groups excluding carboxylic acids is 1. The van der Waals surface area contributed by atoms with Gasteiger partial charge in [-0.3, -0.25) is 4.79 Å². The van der Waals surface area contributed by atoms with Gasteiger partial charge in [0.1, 0.15) is 5.66 Å². The highest BCUT2D eigenvalue weighted by Gasteiger charge is 2.22. The third-order valence-electron chi connectivity index (χ3n) is 1.23. The highest BCUT2D eigenvalue weighted by Crippen LogP contribution is 1.98. The van der Waals surface area contributed by atoms with Gasteiger partial charge >= 0.3 is 0 Å². The van der Waals surface area contributed by atoms with E-state index in [0.717, 1.165) is 6.08 Å². The molecule has 0 atom stereocenters. The second-order valence-electron chi connectivity index (χ2n) is 1.96. The van der Waals surface area contributed by atoms with Gasteiger partial charge in [0.2, 0.25) is 0 Å². The molecule has 0 unspecified atom stereocenters. The average molecular weight is 128 g/mol. The van der Waals surface area contributed by atoms with Gasteiger partial charge in [-0.2, -0.15) is 0 Å². The Bertz CT molecular complexity index is 129. The Hall–Kier alpha value is -0.670. The number of hydrogen-bond donors (Lipinski definition) is 2. The summed E-state index contributed by atoms with van der Waals surface area (Å²) in [7, 11) is 0. The fraction of sp³-hybridized carbons (Fsp3) is 0.500. The summed E-state index contributed by atoms with van der Waals surface area (Å²) in [5.41, 5.74) is 9.45. The summed E-state index contributed by atoms with van der Waals surface area (Å²) in [6, 6.07) is 0. The molecule has 3 nitrogen and oxygen atoms in total. The zero-order valence-corrected chi connectivity index (χ0v) is 5.55. The van der Waals surface area contributed by atoms with Gasteiger partial charge in [-0.25, -0.2) is 0 Å². The van der Waals surface area contributed by atoms with Crippen molar-refractivity contribution in [2.24, 2.45) is 11.5 Å². The van der Waals surface area contributed by atoms with Crippen LogP contribution in [0.4, 0.5) is 0 Å². The van der Waals surface area contributed by atoms with E-state index in [9.17, 15) is 4.79 Å². The lowest BCUT2D eigenvalue weighted by Gasteiger charge is -2.17. The Morgan fingerprint density at radius 3 is 2.33 bits per heavy atom. The van der Waals surface area contributed by atoms with Crippen LogP contribution in [0.1, 0.15) is 13.3 Å². The van der Waals surface area contributed by atoms with E-state index >= 15 is 0 Å². The van der Waals surface area contributed by atoms with E-state index in [0.29, 0.717) is 6.42 Å². The van der Waals surface area contributed by atoms with Gasteiger partial charge in [-0.05, 0) is 12.5 Å². The molecule has 0 fully saturated rings. The zero-order valence-electron chi connectivity index (χ0n) is 5.55. The molecule has 0 aromatic heterocycles. The van der Waals surface area contributed by atoms with Crippen molar-refractivity contribution in [1.29, 1.82) is 0 Å². The Kier molecular flexibility index (Phi) is 2.55. The van der Waals surface area contributed by atoms with Gasteiger partial charge in [0.05, 0.1) is 0 Å². The first-order valence-electron chi connectivity index (χ1n) is 2.79. The molecule has 0 aromatic rings. The number of ketones is 1. The maximum absolute atomic E-state index is 10.7. The van der Waals surface area contributed by atoms with Crippen LogP contribution in [0.2, 0.25) is 0 Å². The van der Waals surface area contributed by atoms with Crippen molar-refractivity contribution in [1.82, 2.24) is 0 Å². The summed E-state index contributed by atoms with van der Waals surface area (Å²) in [6.07, 6.45) is 1.57. The van der Waals surface area contributed by atoms with E-state index in [2.05, 4.69) is 6.58 Å². The topological polar surface area (TPSA) is 69.1 Å². The average Bonchev–Trinajstić information content (AvgIpc) is 1.86. The van der Waals surface area contributed by atoms with Crippen molar-refractivity contribution >= 4 is 5.78 Å². The first-order valence-corrected chi connectivity index (χ1v) is 2.79. The molecule has 0 spiro atoms. The first-order chi connectivity index (χ1) is 4.04. The number of nitrogens with two attached hydrogens (primary N) is 2. The molecule has 9 heavy (non-hydrogen) atoms. The molecule has 0 radical (unpaired) electrons. The summed E-state index contributed by atoms with van der Waals surface area (Å²) in [5.74, 6) is -0.315. The fourth-order valence-electron chi connectivity index (χ4n) is 0.364. The third kappa shape index (κ3) is 1.95. The standard InChI is InChI=1S/C6H12N2O/c1-3-5(9)6(7,8)4-2/h3H,1,4,7-8H2,2H3. The van der Waals surface area contributed by atoms with Crippen LogP contribution >= 0.6 is 0 Å². The minimum absolute atomic E-state index is 0.315. The first kappa shape index (κ1) is 8.33. The minimum atomic E-state index is -1.21. The van der Waals surface area contributed by atoms with Crippen LogP contribution < -0.4 is 11.5 Å². The molecule has 0 aliphatic heterocycles. The van der Waals surface area contributed by atoms with E-state index in [-0.39, 0.29) is 5.78 Å². The molecule has 0 bridgehead atoms. The number of hydrogen-bond acceptors (Lipinski definition) is 3. The Morgan fingerprint density at radius 2 is 2.22 bits per heavy atom. The van der Waals surface area contributed by atoms with E-state index in [1.54, 1.807) is 6.92 Å². The normalized spacial score (nSPS) is 11.0. The highest BCUT2D eigenvalue weighted by atomic mass is 16.1. The second kappa shape index (κ2) is 2.75. The van der Waals surface area contributed by atoms with Gasteiger partial charge in [-0.1, -0.05) is 13.5 Å². The SMILES string of the molecule is C=CC(=O)C(N)(N)CC. The molecule has 0 heterocycles. The molecule has 0 amide bonds. The third-order valence-corrected chi connectivity index (χ3v) is 1.23. The van der Waals surface area contributed by atoms with Gasteiger partial charge in [0.15, 0.2) is 5.78 Å². The van der Waals surface area contributed by atoms with Crippen molar-refractivity contribution in [3.05, 3.63) is 12.7 Å². The van der Waals surface area contributed by atoms with Crippen LogP contribution in [0.3, 0.4) is 0 Å². The zero-order chi connectivity index (χ0) is 7.49. The molecule has 0 rings (SSSR count). The molecule has 3 heteroatoms. The number of rotatable bonds is 3. The lowest BCUT2D eigenvalue weighted by molar-refractivity contribution is -0.119. The van der Waals surface area contributed by atoms with E-state index in [1.807, 2.05) is 0 Å². The maximum Gasteiger partial charge on any atom is 0.189 e. The van der Waals surface area contributed by atoms with Crippen molar-refractivity contribution in [3.8, 4) is 0 Å². The van der Waals surface area contributed by atoms with E-state index < -0.39 is 5.66 Å². The summed E-state index contributed by atoms with van der Waals surface area (Å²) in [4.78, 5) is 10.7. The van der Waals surface area contributed by atoms with Gasteiger partial charge < -0.3 is 11.5 Å². The molecule has 52 valence electrons. The Labute approximate surface area is 54.7 Å². The lowest BCUT2D eigenvalue weighted by Crippen LogP contribution is -2.55. The van der Waals surface area contributed by atoms with Crippen LogP contribution in [-0.2, 0) is 4.79 Å². The fourth-order valence-corrected chi connectivity index (χ4v) is 0.364. The van der Waals surface area contributed by atoms with Crippen LogP contribution in [0, 0.1) is 0 Å². The minimum Gasteiger partial charge on any atom is -0.307 e. The molecule has 0 aromatic carbocycles. The Morgan fingerprint density at radius 1 is 1.78 bits per heavy atom. The molecular formula is C6H12N2O. The molecular weight excluding hydrogens is 116 g/mol. The molecule has 0 saturated heterocycles. The van der Waals surface area contributed by atoms with Gasteiger partial charge in [0, 0.05) is 0 Å². The molecule has 4 N–H and O–H groups in total. The summed E-state index contributed by atoms with van der Waals surface area (Å²) in [5, 5.41) is 0. The van der Waals surface area contributed by atoms with Crippen molar-refractivity contribution in [2.75, 3.05) is 0 Å². The van der Waals surface area contributed by atoms with Gasteiger partial charge in [0.25, 0.3) is 0 Å². The predicted molar refractivity (Wildman–Crippen MR) is 36.6 cm³/mol. The summed E-state index contributed by atoms with van der Waals surface area (Å²) >= 11 is 0. The molecule has 0 aliphatic carbocycles. The second-order valence-corrected chi connectivity index (χ2v) is 1.96. The summed E-state index contributed by atoms with van der Waals surface area (Å²) < 4.78 is 0. The number of carbonyl (C=O) groups is 1. The van der Waals surface area contributed by atoms with Crippen LogP contribution in [0.5, 0.6) is 0 Å². The quantitative estimate of drug-likeness (QED) is 0.407. The van der Waals surface area contributed by atoms with E-state index in [4.69, 9.17) is 11.5 Å². The summed E-state index contributed by atoms with van der Waals surface area (Å²) in [6.45, 7) is 5.02. The maximum atomic E-state index is 10.7. The lowest BCUT2D eigenvalue weighted by atomic mass is 10.0. The van der Waals surface area contributed by atoms with Crippen molar-refractivity contribution in [3.63, 3.8) is 0 Å². The largest absolute Gasteiger partial charge is 0.307 e. The smallest absolute Gasteiger partial charge is 0.189 e. The highest BCUT2D eigenvalue weighted by molar-refractivity contribution is 5.96. The molecule has 0 saturated carbocycles. The monoisotopic (exact) mass is 128 g/mol. The predicted octanol–water partition coefficient (Wildman–Crippen LogP) is -0.235. The van der Waals surface area contributed by atoms with Crippen LogP contribution in [0.25, 0.3) is 0 Å². The Balaban J connectivity index is 4.13. The van der Waals surface area contributed by atoms with Crippen molar-refractivity contribution < 1.29 is 4.79 Å². The van der Waals surface area contributed by atoms with Crippen molar-refractivity contribution in [2.45, 2.75) is 19.0 Å². The van der Waals surface area contributed by atoms with E-state index in [1.165, 1.54) is 0 Å². The van der Waals surface area contributed by atoms with Gasteiger partial charge in [-0.15, -0.1) is 0 Å².